The van der Waals surface area contributed by atoms with Gasteiger partial charge in [-0.15, -0.1) is 0 Å². The molecular formula is C32H38ClN3O4. The van der Waals surface area contributed by atoms with Gasteiger partial charge in [0.25, 0.3) is 5.91 Å². The van der Waals surface area contributed by atoms with Gasteiger partial charge in [-0.25, -0.2) is 4.79 Å². The summed E-state index contributed by atoms with van der Waals surface area (Å²) >= 11 is 6.42. The minimum Gasteiger partial charge on any atom is -0.444 e. The molecular weight excluding hydrogens is 526 g/mol. The third-order valence-electron chi connectivity index (χ3n) is 6.45. The van der Waals surface area contributed by atoms with E-state index >= 15 is 0 Å². The van der Waals surface area contributed by atoms with Crippen LogP contribution >= 0.6 is 11.6 Å². The normalized spacial score (nSPS) is 12.7. The predicted octanol–water partition coefficient (Wildman–Crippen LogP) is 6.54. The lowest BCUT2D eigenvalue weighted by Gasteiger charge is -2.32. The second-order valence-corrected chi connectivity index (χ2v) is 11.4. The van der Waals surface area contributed by atoms with Gasteiger partial charge in [-0.1, -0.05) is 77.8 Å². The molecule has 40 heavy (non-hydrogen) atoms. The van der Waals surface area contributed by atoms with Crippen molar-refractivity contribution in [1.29, 1.82) is 0 Å². The zero-order chi connectivity index (χ0) is 29.6. The Kier molecular flexibility index (Phi) is 9.98. The van der Waals surface area contributed by atoms with E-state index in [9.17, 15) is 14.4 Å². The molecule has 0 saturated heterocycles. The lowest BCUT2D eigenvalue weighted by atomic mass is 9.96. The molecule has 0 spiro atoms. The van der Waals surface area contributed by atoms with Crippen molar-refractivity contribution in [3.63, 3.8) is 0 Å². The predicted molar refractivity (Wildman–Crippen MR) is 160 cm³/mol. The third-order valence-corrected chi connectivity index (χ3v) is 6.77. The molecule has 0 radical (unpaired) electrons. The molecule has 2 N–H and O–H groups in total. The first kappa shape index (κ1) is 30.7. The first-order chi connectivity index (χ1) is 18.8. The molecule has 0 aliphatic carbocycles. The molecule has 0 aliphatic heterocycles. The molecule has 3 aromatic carbocycles. The van der Waals surface area contributed by atoms with Crippen LogP contribution in [0.25, 0.3) is 0 Å². The molecule has 0 bridgehead atoms. The van der Waals surface area contributed by atoms with Gasteiger partial charge in [-0.3, -0.25) is 9.59 Å². The number of rotatable bonds is 8. The summed E-state index contributed by atoms with van der Waals surface area (Å²) in [5, 5.41) is 6.08. The quantitative estimate of drug-likeness (QED) is 0.326. The molecule has 0 heterocycles. The molecule has 2 unspecified atom stereocenters. The third kappa shape index (κ3) is 8.09. The number of benzene rings is 3. The molecule has 0 aliphatic rings. The average Bonchev–Trinajstić information content (AvgIpc) is 2.87. The summed E-state index contributed by atoms with van der Waals surface area (Å²) in [7, 11) is 1.57. The van der Waals surface area contributed by atoms with Crippen LogP contribution in [0, 0.1) is 20.8 Å². The number of amides is 3. The second kappa shape index (κ2) is 13.0. The van der Waals surface area contributed by atoms with Crippen LogP contribution < -0.4 is 10.6 Å². The molecule has 212 valence electrons. The van der Waals surface area contributed by atoms with Crippen molar-refractivity contribution in [2.24, 2.45) is 0 Å². The standard InChI is InChI=1S/C32H38ClN3O4/c1-20-16-17-21(2)24(18-20)28(29(37)35-27-22(3)12-11-15-25(27)33)36(7)30(38)26(19-23-13-9-8-10-14-23)34-31(39)40-32(4,5)6/h8-18,26,28H,19H2,1-7H3,(H,34,39)(H,35,37). The van der Waals surface area contributed by atoms with Crippen LogP contribution in [0.3, 0.4) is 0 Å². The van der Waals surface area contributed by atoms with Gasteiger partial charge in [0, 0.05) is 13.5 Å². The number of nitrogens with zero attached hydrogens (tertiary/aromatic N) is 1. The first-order valence-electron chi connectivity index (χ1n) is 13.2. The smallest absolute Gasteiger partial charge is 0.408 e. The summed E-state index contributed by atoms with van der Waals surface area (Å²) in [5.74, 6) is -0.858. The number of alkyl carbamates (subject to hydrolysis) is 1. The van der Waals surface area contributed by atoms with Crippen molar-refractivity contribution < 1.29 is 19.1 Å². The molecule has 3 aromatic rings. The average molecular weight is 564 g/mol. The minimum atomic E-state index is -0.998. The highest BCUT2D eigenvalue weighted by Crippen LogP contribution is 2.30. The number of carbonyl (C=O) groups is 3. The summed E-state index contributed by atoms with van der Waals surface area (Å²) in [6, 6.07) is 18.5. The van der Waals surface area contributed by atoms with E-state index in [4.69, 9.17) is 16.3 Å². The van der Waals surface area contributed by atoms with E-state index in [0.29, 0.717) is 16.3 Å². The van der Waals surface area contributed by atoms with Crippen LogP contribution in [-0.4, -0.2) is 41.5 Å². The van der Waals surface area contributed by atoms with E-state index in [1.165, 1.54) is 4.90 Å². The van der Waals surface area contributed by atoms with Crippen molar-refractivity contribution in [2.45, 2.75) is 65.6 Å². The van der Waals surface area contributed by atoms with Crippen LogP contribution in [0.15, 0.2) is 66.7 Å². The van der Waals surface area contributed by atoms with Gasteiger partial charge in [-0.05, 0) is 69.9 Å². The van der Waals surface area contributed by atoms with E-state index in [0.717, 1.165) is 22.3 Å². The number of likely N-dealkylation sites (N-methyl/N-ethyl adjacent to an activating group) is 1. The molecule has 3 amide bonds. The fraction of sp³-hybridized carbons (Fsp3) is 0.344. The van der Waals surface area contributed by atoms with E-state index in [2.05, 4.69) is 10.6 Å². The summed E-state index contributed by atoms with van der Waals surface area (Å²) in [6.07, 6.45) is -0.497. The monoisotopic (exact) mass is 563 g/mol. The number of hydrogen-bond acceptors (Lipinski definition) is 4. The van der Waals surface area contributed by atoms with Gasteiger partial charge < -0.3 is 20.3 Å². The van der Waals surface area contributed by atoms with Crippen molar-refractivity contribution in [2.75, 3.05) is 12.4 Å². The number of anilines is 1. The summed E-state index contributed by atoms with van der Waals surface area (Å²) < 4.78 is 5.45. The van der Waals surface area contributed by atoms with Crippen LogP contribution in [0.4, 0.5) is 10.5 Å². The van der Waals surface area contributed by atoms with Gasteiger partial charge in [0.1, 0.15) is 17.7 Å². The fourth-order valence-electron chi connectivity index (χ4n) is 4.43. The summed E-state index contributed by atoms with van der Waals surface area (Å²) in [5.41, 5.74) is 3.85. The molecule has 0 saturated carbocycles. The molecule has 3 rings (SSSR count). The lowest BCUT2D eigenvalue weighted by Crippen LogP contribution is -2.52. The Bertz CT molecular complexity index is 1350. The molecule has 7 nitrogen and oxygen atoms in total. The van der Waals surface area contributed by atoms with Crippen LogP contribution in [-0.2, 0) is 20.7 Å². The van der Waals surface area contributed by atoms with E-state index in [-0.39, 0.29) is 6.42 Å². The Hall–Kier alpha value is -3.84. The fourth-order valence-corrected chi connectivity index (χ4v) is 4.70. The maximum Gasteiger partial charge on any atom is 0.408 e. The highest BCUT2D eigenvalue weighted by Gasteiger charge is 2.35. The zero-order valence-electron chi connectivity index (χ0n) is 24.2. The molecule has 0 aromatic heterocycles. The number of hydrogen-bond donors (Lipinski definition) is 2. The van der Waals surface area contributed by atoms with Crippen LogP contribution in [0.1, 0.15) is 54.6 Å². The number of para-hydroxylation sites is 1. The van der Waals surface area contributed by atoms with Crippen molar-refractivity contribution in [1.82, 2.24) is 10.2 Å². The van der Waals surface area contributed by atoms with Crippen LogP contribution in [0.2, 0.25) is 5.02 Å². The highest BCUT2D eigenvalue weighted by atomic mass is 35.5. The summed E-state index contributed by atoms with van der Waals surface area (Å²) in [6.45, 7) is 10.9. The number of halogens is 1. The highest BCUT2D eigenvalue weighted by molar-refractivity contribution is 6.34. The Morgan fingerprint density at radius 3 is 2.23 bits per heavy atom. The molecule has 8 heteroatoms. The number of aryl methyl sites for hydroxylation is 3. The van der Waals surface area contributed by atoms with Gasteiger partial charge in [0.2, 0.25) is 5.91 Å². The number of carbonyl (C=O) groups excluding carboxylic acids is 3. The Labute approximate surface area is 241 Å². The van der Waals surface area contributed by atoms with Gasteiger partial charge in [0.15, 0.2) is 0 Å². The number of ether oxygens (including phenoxy) is 1. The maximum absolute atomic E-state index is 14.1. The Morgan fingerprint density at radius 2 is 1.60 bits per heavy atom. The van der Waals surface area contributed by atoms with Crippen LogP contribution in [0.5, 0.6) is 0 Å². The Balaban J connectivity index is 2.02. The van der Waals surface area contributed by atoms with E-state index in [1.54, 1.807) is 33.9 Å². The van der Waals surface area contributed by atoms with Crippen molar-refractivity contribution in [3.8, 4) is 0 Å². The topological polar surface area (TPSA) is 87.7 Å². The van der Waals surface area contributed by atoms with Crippen molar-refractivity contribution >= 4 is 35.2 Å². The van der Waals surface area contributed by atoms with Crippen molar-refractivity contribution in [3.05, 3.63) is 99.6 Å². The van der Waals surface area contributed by atoms with E-state index in [1.807, 2.05) is 81.4 Å². The van der Waals surface area contributed by atoms with Gasteiger partial charge in [0.05, 0.1) is 10.7 Å². The lowest BCUT2D eigenvalue weighted by molar-refractivity contribution is -0.139. The second-order valence-electron chi connectivity index (χ2n) is 11.0. The zero-order valence-corrected chi connectivity index (χ0v) is 24.9. The first-order valence-corrected chi connectivity index (χ1v) is 13.6. The van der Waals surface area contributed by atoms with E-state index < -0.39 is 35.6 Å². The minimum absolute atomic E-state index is 0.216. The SMILES string of the molecule is Cc1ccc(C)c(C(C(=O)Nc2c(C)cccc2Cl)N(C)C(=O)C(Cc2ccccc2)NC(=O)OC(C)(C)C)c1. The molecule has 2 atom stereocenters. The summed E-state index contributed by atoms with van der Waals surface area (Å²) in [4.78, 5) is 42.2. The molecule has 0 fully saturated rings. The number of nitrogens with one attached hydrogen (secondary N) is 2. The van der Waals surface area contributed by atoms with Gasteiger partial charge >= 0.3 is 6.09 Å². The van der Waals surface area contributed by atoms with Gasteiger partial charge in [-0.2, -0.15) is 0 Å². The maximum atomic E-state index is 14.1. The Morgan fingerprint density at radius 1 is 0.925 bits per heavy atom. The largest absolute Gasteiger partial charge is 0.444 e.